The Morgan fingerprint density at radius 2 is 2.08 bits per heavy atom. The summed E-state index contributed by atoms with van der Waals surface area (Å²) in [6.07, 6.45) is 2.97. The number of H-pyrrole nitrogens is 1. The summed E-state index contributed by atoms with van der Waals surface area (Å²) in [7, 11) is 0. The minimum atomic E-state index is 0.458. The van der Waals surface area contributed by atoms with Gasteiger partial charge >= 0.3 is 0 Å². The van der Waals surface area contributed by atoms with Crippen LogP contribution < -0.4 is 4.74 Å². The highest BCUT2D eigenvalue weighted by Gasteiger charge is 2.26. The van der Waals surface area contributed by atoms with Crippen LogP contribution in [-0.2, 0) is 13.2 Å². The van der Waals surface area contributed by atoms with Crippen LogP contribution in [0, 0.1) is 0 Å². The lowest BCUT2D eigenvalue weighted by Gasteiger charge is -2.14. The zero-order chi connectivity index (χ0) is 17.8. The van der Waals surface area contributed by atoms with Crippen molar-refractivity contribution in [1.29, 1.82) is 0 Å². The van der Waals surface area contributed by atoms with E-state index in [1.54, 1.807) is 0 Å². The van der Waals surface area contributed by atoms with Gasteiger partial charge in [0.2, 0.25) is 0 Å². The molecule has 134 valence electrons. The third-order valence-electron chi connectivity index (χ3n) is 4.66. The van der Waals surface area contributed by atoms with Crippen molar-refractivity contribution in [3.63, 3.8) is 0 Å². The fourth-order valence-electron chi connectivity index (χ4n) is 3.29. The first kappa shape index (κ1) is 17.1. The minimum absolute atomic E-state index is 0.458. The lowest BCUT2D eigenvalue weighted by molar-refractivity contribution is 0.301. The predicted octanol–water partition coefficient (Wildman–Crippen LogP) is 4.03. The molecule has 0 radical (unpaired) electrons. The van der Waals surface area contributed by atoms with Gasteiger partial charge in [0.1, 0.15) is 12.4 Å². The van der Waals surface area contributed by atoms with E-state index in [0.29, 0.717) is 17.5 Å². The SMILES string of the molecule is Clc1ccc(OCc2cc(C3CCN(Cc4ccccn4)C3)n[nH]2)cc1. The maximum Gasteiger partial charge on any atom is 0.130 e. The Labute approximate surface area is 158 Å². The Kier molecular flexibility index (Phi) is 5.18. The van der Waals surface area contributed by atoms with Gasteiger partial charge in [-0.1, -0.05) is 17.7 Å². The molecule has 0 aliphatic carbocycles. The maximum atomic E-state index is 5.89. The highest BCUT2D eigenvalue weighted by atomic mass is 35.5. The Morgan fingerprint density at radius 3 is 2.88 bits per heavy atom. The summed E-state index contributed by atoms with van der Waals surface area (Å²) in [5, 5.41) is 8.30. The molecule has 1 saturated heterocycles. The van der Waals surface area contributed by atoms with E-state index < -0.39 is 0 Å². The molecule has 3 aromatic rings. The van der Waals surface area contributed by atoms with E-state index in [2.05, 4.69) is 32.2 Å². The zero-order valence-corrected chi connectivity index (χ0v) is 15.2. The number of rotatable bonds is 6. The summed E-state index contributed by atoms with van der Waals surface area (Å²) < 4.78 is 5.77. The molecule has 0 amide bonds. The monoisotopic (exact) mass is 368 g/mol. The summed E-state index contributed by atoms with van der Waals surface area (Å²) in [4.78, 5) is 6.85. The zero-order valence-electron chi connectivity index (χ0n) is 14.4. The number of nitrogens with zero attached hydrogens (tertiary/aromatic N) is 3. The molecule has 1 unspecified atom stereocenters. The van der Waals surface area contributed by atoms with Gasteiger partial charge in [-0.25, -0.2) is 0 Å². The van der Waals surface area contributed by atoms with E-state index in [1.165, 1.54) is 0 Å². The van der Waals surface area contributed by atoms with E-state index in [9.17, 15) is 0 Å². The number of pyridine rings is 1. The minimum Gasteiger partial charge on any atom is -0.487 e. The van der Waals surface area contributed by atoms with Gasteiger partial charge in [-0.05, 0) is 55.4 Å². The molecule has 1 fully saturated rings. The largest absolute Gasteiger partial charge is 0.487 e. The van der Waals surface area contributed by atoms with Gasteiger partial charge < -0.3 is 4.74 Å². The van der Waals surface area contributed by atoms with Crippen LogP contribution in [0.2, 0.25) is 5.02 Å². The van der Waals surface area contributed by atoms with E-state index in [1.807, 2.05) is 42.6 Å². The lowest BCUT2D eigenvalue weighted by Crippen LogP contribution is -2.20. The number of nitrogens with one attached hydrogen (secondary N) is 1. The summed E-state index contributed by atoms with van der Waals surface area (Å²) >= 11 is 5.89. The molecule has 1 N–H and O–H groups in total. The van der Waals surface area contributed by atoms with Gasteiger partial charge in [-0.3, -0.25) is 15.0 Å². The summed E-state index contributed by atoms with van der Waals surface area (Å²) in [6.45, 7) is 3.46. The average molecular weight is 369 g/mol. The fraction of sp³-hybridized carbons (Fsp3) is 0.300. The second kappa shape index (κ2) is 7.89. The number of halogens is 1. The van der Waals surface area contributed by atoms with Crippen LogP contribution in [0.15, 0.2) is 54.7 Å². The Bertz CT molecular complexity index is 835. The molecule has 0 bridgehead atoms. The second-order valence-electron chi connectivity index (χ2n) is 6.60. The molecular formula is C20H21ClN4O. The first-order valence-electron chi connectivity index (χ1n) is 8.81. The number of benzene rings is 1. The number of aromatic amines is 1. The molecule has 0 spiro atoms. The van der Waals surface area contributed by atoms with Crippen LogP contribution in [0.3, 0.4) is 0 Å². The summed E-state index contributed by atoms with van der Waals surface area (Å²) in [5.41, 5.74) is 3.22. The summed E-state index contributed by atoms with van der Waals surface area (Å²) in [5.74, 6) is 1.26. The molecule has 1 aliphatic heterocycles. The van der Waals surface area contributed by atoms with Gasteiger partial charge in [0.05, 0.1) is 17.1 Å². The normalized spacial score (nSPS) is 17.5. The average Bonchev–Trinajstić information content (AvgIpc) is 3.31. The van der Waals surface area contributed by atoms with Gasteiger partial charge in [-0.2, -0.15) is 5.10 Å². The van der Waals surface area contributed by atoms with E-state index in [0.717, 1.165) is 48.9 Å². The number of aromatic nitrogens is 3. The van der Waals surface area contributed by atoms with Gasteiger partial charge in [0.25, 0.3) is 0 Å². The van der Waals surface area contributed by atoms with Crippen molar-refractivity contribution in [2.24, 2.45) is 0 Å². The molecule has 1 atom stereocenters. The Hall–Kier alpha value is -2.37. The van der Waals surface area contributed by atoms with Crippen molar-refractivity contribution in [3.05, 3.63) is 76.8 Å². The maximum absolute atomic E-state index is 5.89. The first-order valence-corrected chi connectivity index (χ1v) is 9.19. The fourth-order valence-corrected chi connectivity index (χ4v) is 3.42. The molecule has 1 aliphatic rings. The van der Waals surface area contributed by atoms with E-state index >= 15 is 0 Å². The second-order valence-corrected chi connectivity index (χ2v) is 7.04. The molecule has 2 aromatic heterocycles. The van der Waals surface area contributed by atoms with Gasteiger partial charge in [0, 0.05) is 30.2 Å². The molecule has 0 saturated carbocycles. The van der Waals surface area contributed by atoms with E-state index in [-0.39, 0.29) is 0 Å². The van der Waals surface area contributed by atoms with Gasteiger partial charge in [0.15, 0.2) is 0 Å². The van der Waals surface area contributed by atoms with Crippen molar-refractivity contribution in [1.82, 2.24) is 20.1 Å². The summed E-state index contributed by atoms with van der Waals surface area (Å²) in [6, 6.07) is 15.6. The molecule has 6 heteroatoms. The third-order valence-corrected chi connectivity index (χ3v) is 4.91. The molecule has 5 nitrogen and oxygen atoms in total. The standard InChI is InChI=1S/C20H21ClN4O/c21-16-4-6-19(7-5-16)26-14-18-11-20(24-23-18)15-8-10-25(12-15)13-17-3-1-2-9-22-17/h1-7,9,11,15H,8,10,12-14H2,(H,23,24). The first-order chi connectivity index (χ1) is 12.8. The van der Waals surface area contributed by atoms with Crippen molar-refractivity contribution in [3.8, 4) is 5.75 Å². The highest BCUT2D eigenvalue weighted by molar-refractivity contribution is 6.30. The van der Waals surface area contributed by atoms with Crippen LogP contribution >= 0.6 is 11.6 Å². The predicted molar refractivity (Wildman–Crippen MR) is 101 cm³/mol. The Balaban J connectivity index is 1.31. The van der Waals surface area contributed by atoms with Crippen molar-refractivity contribution >= 4 is 11.6 Å². The number of hydrogen-bond donors (Lipinski definition) is 1. The third kappa shape index (κ3) is 4.23. The number of likely N-dealkylation sites (tertiary alicyclic amines) is 1. The Morgan fingerprint density at radius 1 is 1.19 bits per heavy atom. The van der Waals surface area contributed by atoms with Crippen molar-refractivity contribution in [2.75, 3.05) is 13.1 Å². The smallest absolute Gasteiger partial charge is 0.130 e. The molecule has 26 heavy (non-hydrogen) atoms. The van der Waals surface area contributed by atoms with Crippen LogP contribution in [-0.4, -0.2) is 33.2 Å². The van der Waals surface area contributed by atoms with Crippen LogP contribution in [0.1, 0.15) is 29.4 Å². The van der Waals surface area contributed by atoms with Crippen LogP contribution in [0.25, 0.3) is 0 Å². The van der Waals surface area contributed by atoms with Gasteiger partial charge in [-0.15, -0.1) is 0 Å². The number of ether oxygens (including phenoxy) is 1. The van der Waals surface area contributed by atoms with Crippen molar-refractivity contribution < 1.29 is 4.74 Å². The van der Waals surface area contributed by atoms with E-state index in [4.69, 9.17) is 16.3 Å². The number of hydrogen-bond acceptors (Lipinski definition) is 4. The quantitative estimate of drug-likeness (QED) is 0.713. The topological polar surface area (TPSA) is 54.0 Å². The highest BCUT2D eigenvalue weighted by Crippen LogP contribution is 2.27. The molecule has 3 heterocycles. The lowest BCUT2D eigenvalue weighted by atomic mass is 10.1. The van der Waals surface area contributed by atoms with Crippen LogP contribution in [0.4, 0.5) is 0 Å². The van der Waals surface area contributed by atoms with Crippen molar-refractivity contribution in [2.45, 2.75) is 25.5 Å². The molecule has 1 aromatic carbocycles. The molecule has 4 rings (SSSR count). The van der Waals surface area contributed by atoms with Crippen LogP contribution in [0.5, 0.6) is 5.75 Å². The molecular weight excluding hydrogens is 348 g/mol.